The van der Waals surface area contributed by atoms with Crippen molar-refractivity contribution in [3.63, 3.8) is 0 Å². The van der Waals surface area contributed by atoms with E-state index in [-0.39, 0.29) is 11.8 Å². The number of hydrogen-bond acceptors (Lipinski definition) is 2. The van der Waals surface area contributed by atoms with Crippen LogP contribution in [0.25, 0.3) is 0 Å². The third-order valence-electron chi connectivity index (χ3n) is 4.14. The molecule has 1 saturated carbocycles. The van der Waals surface area contributed by atoms with E-state index in [4.69, 9.17) is 0 Å². The maximum Gasteiger partial charge on any atom is 0.232 e. The Balaban J connectivity index is 1.96. The number of likely N-dealkylation sites (tertiary alicyclic amines) is 1. The Morgan fingerprint density at radius 2 is 2.24 bits per heavy atom. The Labute approximate surface area is 115 Å². The molecule has 1 amide bonds. The Morgan fingerprint density at radius 1 is 1.41 bits per heavy atom. The summed E-state index contributed by atoms with van der Waals surface area (Å²) in [5.74, 6) is 0.748. The fourth-order valence-electron chi connectivity index (χ4n) is 3.32. The molecule has 3 rings (SSSR count). The molecule has 0 spiro atoms. The maximum atomic E-state index is 12.3. The molecule has 1 aromatic heterocycles. The zero-order valence-corrected chi connectivity index (χ0v) is 11.9. The summed E-state index contributed by atoms with van der Waals surface area (Å²) < 4.78 is 1.12. The van der Waals surface area contributed by atoms with Gasteiger partial charge < -0.3 is 4.90 Å². The summed E-state index contributed by atoms with van der Waals surface area (Å²) in [5, 5.41) is 0. The lowest BCUT2D eigenvalue weighted by atomic mass is 9.89. The van der Waals surface area contributed by atoms with Gasteiger partial charge in [-0.25, -0.2) is 0 Å². The molecule has 2 fully saturated rings. The summed E-state index contributed by atoms with van der Waals surface area (Å²) in [4.78, 5) is 18.7. The van der Waals surface area contributed by atoms with Gasteiger partial charge in [0.2, 0.25) is 5.91 Å². The van der Waals surface area contributed by atoms with E-state index in [9.17, 15) is 4.79 Å². The first-order chi connectivity index (χ1) is 8.18. The van der Waals surface area contributed by atoms with Crippen LogP contribution < -0.4 is 0 Å². The summed E-state index contributed by atoms with van der Waals surface area (Å²) in [5.41, 5.74) is 0.955. The van der Waals surface area contributed by atoms with Crippen LogP contribution in [-0.4, -0.2) is 28.9 Å². The van der Waals surface area contributed by atoms with Crippen LogP contribution >= 0.6 is 22.6 Å². The molecular formula is C13H15IN2O. The van der Waals surface area contributed by atoms with Crippen molar-refractivity contribution >= 4 is 28.5 Å². The summed E-state index contributed by atoms with van der Waals surface area (Å²) >= 11 is 2.24. The van der Waals surface area contributed by atoms with Crippen LogP contribution in [0.1, 0.15) is 30.9 Å². The molecule has 0 N–H and O–H groups in total. The Bertz CT molecular complexity index is 445. The zero-order valence-electron chi connectivity index (χ0n) is 9.77. The summed E-state index contributed by atoms with van der Waals surface area (Å²) in [6.07, 6.45) is 5.42. The van der Waals surface area contributed by atoms with Gasteiger partial charge in [0.25, 0.3) is 0 Å². The van der Waals surface area contributed by atoms with Crippen molar-refractivity contribution in [1.82, 2.24) is 9.88 Å². The molecule has 3 atom stereocenters. The van der Waals surface area contributed by atoms with Gasteiger partial charge in [-0.15, -0.1) is 0 Å². The van der Waals surface area contributed by atoms with Gasteiger partial charge in [0.15, 0.2) is 0 Å². The highest BCUT2D eigenvalue weighted by molar-refractivity contribution is 14.1. The molecule has 1 aliphatic carbocycles. The van der Waals surface area contributed by atoms with Crippen LogP contribution in [0.3, 0.4) is 0 Å². The third kappa shape index (κ3) is 1.77. The first-order valence-corrected chi connectivity index (χ1v) is 7.14. The van der Waals surface area contributed by atoms with Gasteiger partial charge in [0, 0.05) is 22.9 Å². The number of likely N-dealkylation sites (N-methyl/N-ethyl adjacent to an activating group) is 1. The molecule has 0 radical (unpaired) electrons. The number of carbonyl (C=O) groups excluding carboxylic acids is 1. The van der Waals surface area contributed by atoms with E-state index in [0.29, 0.717) is 12.0 Å². The van der Waals surface area contributed by atoms with Crippen molar-refractivity contribution in [1.29, 1.82) is 0 Å². The van der Waals surface area contributed by atoms with Crippen LogP contribution in [-0.2, 0) is 4.79 Å². The average molecular weight is 342 g/mol. The van der Waals surface area contributed by atoms with Gasteiger partial charge >= 0.3 is 0 Å². The largest absolute Gasteiger partial charge is 0.342 e. The molecule has 4 heteroatoms. The first kappa shape index (κ1) is 11.4. The van der Waals surface area contributed by atoms with Crippen LogP contribution in [0, 0.1) is 9.49 Å². The van der Waals surface area contributed by atoms with Gasteiger partial charge in [-0.3, -0.25) is 9.78 Å². The summed E-state index contributed by atoms with van der Waals surface area (Å²) in [6, 6.07) is 4.51. The molecule has 2 heterocycles. The second-order valence-electron chi connectivity index (χ2n) is 4.99. The number of halogens is 1. The Hall–Kier alpha value is -0.650. The minimum absolute atomic E-state index is 0.00417. The number of carbonyl (C=O) groups is 1. The minimum atomic E-state index is 0.00417. The number of amides is 1. The van der Waals surface area contributed by atoms with E-state index in [0.717, 1.165) is 15.7 Å². The number of rotatable bonds is 1. The predicted molar refractivity (Wildman–Crippen MR) is 73.6 cm³/mol. The summed E-state index contributed by atoms with van der Waals surface area (Å²) in [6.45, 7) is 0. The van der Waals surface area contributed by atoms with Crippen molar-refractivity contribution in [2.45, 2.75) is 31.2 Å². The van der Waals surface area contributed by atoms with Crippen LogP contribution in [0.2, 0.25) is 0 Å². The van der Waals surface area contributed by atoms with Crippen molar-refractivity contribution in [2.24, 2.45) is 5.92 Å². The van der Waals surface area contributed by atoms with Crippen LogP contribution in [0.5, 0.6) is 0 Å². The van der Waals surface area contributed by atoms with E-state index >= 15 is 0 Å². The van der Waals surface area contributed by atoms with Crippen LogP contribution in [0.4, 0.5) is 0 Å². The van der Waals surface area contributed by atoms with Gasteiger partial charge in [-0.1, -0.05) is 6.42 Å². The molecule has 0 aromatic carbocycles. The standard InChI is InChI=1S/C13H15IN2O/c1-16-11-4-2-3-9(11)12(13(16)17)10-6-5-8(14)7-15-10/h5-7,9,11-12H,2-4H2,1H3/t9-,11+,12-/m1/s1. The van der Waals surface area contributed by atoms with E-state index in [1.165, 1.54) is 12.8 Å². The number of pyridine rings is 1. The Kier molecular flexibility index (Phi) is 2.84. The SMILES string of the molecule is CN1C(=O)[C@@H](c2ccc(I)cn2)[C@@H]2CCC[C@@H]21. The molecule has 0 unspecified atom stereocenters. The second kappa shape index (κ2) is 4.23. The summed E-state index contributed by atoms with van der Waals surface area (Å²) in [7, 11) is 1.94. The lowest BCUT2D eigenvalue weighted by Crippen LogP contribution is -2.29. The molecule has 1 aliphatic heterocycles. The number of nitrogens with zero attached hydrogens (tertiary/aromatic N) is 2. The molecule has 90 valence electrons. The third-order valence-corrected chi connectivity index (χ3v) is 4.78. The second-order valence-corrected chi connectivity index (χ2v) is 6.24. The van der Waals surface area contributed by atoms with Gasteiger partial charge in [0.05, 0.1) is 11.6 Å². The van der Waals surface area contributed by atoms with E-state index in [1.54, 1.807) is 0 Å². The predicted octanol–water partition coefficient (Wildman–Crippen LogP) is 2.41. The first-order valence-electron chi connectivity index (χ1n) is 6.06. The quantitative estimate of drug-likeness (QED) is 0.735. The molecule has 3 nitrogen and oxygen atoms in total. The van der Waals surface area contributed by atoms with E-state index in [1.807, 2.05) is 30.3 Å². The van der Waals surface area contributed by atoms with E-state index < -0.39 is 0 Å². The van der Waals surface area contributed by atoms with Crippen molar-refractivity contribution in [2.75, 3.05) is 7.05 Å². The lowest BCUT2D eigenvalue weighted by Gasteiger charge is -2.17. The minimum Gasteiger partial charge on any atom is -0.342 e. The molecule has 2 aliphatic rings. The smallest absolute Gasteiger partial charge is 0.232 e. The average Bonchev–Trinajstić information content (AvgIpc) is 2.87. The fraction of sp³-hybridized carbons (Fsp3) is 0.538. The van der Waals surface area contributed by atoms with Gasteiger partial charge in [-0.05, 0) is 53.5 Å². The highest BCUT2D eigenvalue weighted by Gasteiger charge is 2.49. The van der Waals surface area contributed by atoms with E-state index in [2.05, 4.69) is 27.6 Å². The molecular weight excluding hydrogens is 327 g/mol. The van der Waals surface area contributed by atoms with Crippen molar-refractivity contribution in [3.05, 3.63) is 27.6 Å². The van der Waals surface area contributed by atoms with Crippen molar-refractivity contribution in [3.8, 4) is 0 Å². The Morgan fingerprint density at radius 3 is 2.94 bits per heavy atom. The number of hydrogen-bond donors (Lipinski definition) is 0. The normalized spacial score (nSPS) is 32.0. The highest BCUT2D eigenvalue weighted by Crippen LogP contribution is 2.45. The number of aromatic nitrogens is 1. The van der Waals surface area contributed by atoms with Crippen LogP contribution in [0.15, 0.2) is 18.3 Å². The molecule has 1 saturated heterocycles. The lowest BCUT2D eigenvalue weighted by molar-refractivity contribution is -0.129. The maximum absolute atomic E-state index is 12.3. The topological polar surface area (TPSA) is 33.2 Å². The zero-order chi connectivity index (χ0) is 12.0. The van der Waals surface area contributed by atoms with Gasteiger partial charge in [-0.2, -0.15) is 0 Å². The monoisotopic (exact) mass is 342 g/mol. The molecule has 17 heavy (non-hydrogen) atoms. The van der Waals surface area contributed by atoms with Crippen molar-refractivity contribution < 1.29 is 4.79 Å². The molecule has 0 bridgehead atoms. The number of fused-ring (bicyclic) bond motifs is 1. The highest BCUT2D eigenvalue weighted by atomic mass is 127. The fourth-order valence-corrected chi connectivity index (χ4v) is 3.64. The van der Waals surface area contributed by atoms with Gasteiger partial charge in [0.1, 0.15) is 0 Å². The molecule has 1 aromatic rings.